The highest BCUT2D eigenvalue weighted by molar-refractivity contribution is 5.84. The van der Waals surface area contributed by atoms with Gasteiger partial charge in [0.15, 0.2) is 0 Å². The van der Waals surface area contributed by atoms with Crippen molar-refractivity contribution in [3.05, 3.63) is 29.8 Å². The maximum atomic E-state index is 12.1. The maximum absolute atomic E-state index is 12.1. The number of benzene rings is 1. The van der Waals surface area contributed by atoms with Crippen LogP contribution in [0.2, 0.25) is 0 Å². The highest BCUT2D eigenvalue weighted by Gasteiger charge is 2.26. The minimum absolute atomic E-state index is 0.0721. The van der Waals surface area contributed by atoms with Gasteiger partial charge in [-0.25, -0.2) is 0 Å². The number of nitrogens with one attached hydrogen (secondary N) is 1. The van der Waals surface area contributed by atoms with Crippen LogP contribution >= 0.6 is 0 Å². The number of hydrogen-bond acceptors (Lipinski definition) is 4. The molecular formula is C14H19N3O3. The van der Waals surface area contributed by atoms with Gasteiger partial charge in [0.05, 0.1) is 5.92 Å². The second-order valence-corrected chi connectivity index (χ2v) is 4.99. The zero-order chi connectivity index (χ0) is 14.5. The van der Waals surface area contributed by atoms with E-state index in [9.17, 15) is 4.79 Å². The molecule has 1 heterocycles. The third-order valence-electron chi connectivity index (χ3n) is 3.45. The fraction of sp³-hybridized carbons (Fsp3) is 0.429. The van der Waals surface area contributed by atoms with Crippen molar-refractivity contribution in [2.45, 2.75) is 13.3 Å². The second-order valence-electron chi connectivity index (χ2n) is 4.99. The van der Waals surface area contributed by atoms with Gasteiger partial charge in [0.2, 0.25) is 5.91 Å². The minimum atomic E-state index is -0.208. The summed E-state index contributed by atoms with van der Waals surface area (Å²) in [6, 6.07) is 7.72. The lowest BCUT2D eigenvalue weighted by Crippen LogP contribution is -2.41. The van der Waals surface area contributed by atoms with E-state index in [1.54, 1.807) is 6.92 Å². The first-order valence-electron chi connectivity index (χ1n) is 6.57. The van der Waals surface area contributed by atoms with Crippen molar-refractivity contribution in [1.29, 1.82) is 0 Å². The predicted octanol–water partition coefficient (Wildman–Crippen LogP) is 0.736. The van der Waals surface area contributed by atoms with Crippen molar-refractivity contribution in [3.8, 4) is 5.75 Å². The van der Waals surface area contributed by atoms with Crippen LogP contribution in [0.4, 0.5) is 0 Å². The SMILES string of the molecule is CC(CNC(=O)C1COc2ccccc2C1)C(N)=NO. The van der Waals surface area contributed by atoms with E-state index in [0.717, 1.165) is 11.3 Å². The van der Waals surface area contributed by atoms with Crippen molar-refractivity contribution in [2.75, 3.05) is 13.2 Å². The van der Waals surface area contributed by atoms with E-state index in [0.29, 0.717) is 19.6 Å². The lowest BCUT2D eigenvalue weighted by Gasteiger charge is -2.25. The Bertz CT molecular complexity index is 516. The van der Waals surface area contributed by atoms with Crippen LogP contribution in [0, 0.1) is 11.8 Å². The summed E-state index contributed by atoms with van der Waals surface area (Å²) in [5.41, 5.74) is 6.51. The van der Waals surface area contributed by atoms with Crippen LogP contribution in [0.3, 0.4) is 0 Å². The number of amidine groups is 1. The lowest BCUT2D eigenvalue weighted by atomic mass is 9.96. The molecular weight excluding hydrogens is 258 g/mol. The van der Waals surface area contributed by atoms with Crippen LogP contribution in [-0.4, -0.2) is 30.1 Å². The van der Waals surface area contributed by atoms with Crippen molar-refractivity contribution < 1.29 is 14.7 Å². The van der Waals surface area contributed by atoms with E-state index in [4.69, 9.17) is 15.7 Å². The van der Waals surface area contributed by atoms with Gasteiger partial charge in [0.25, 0.3) is 0 Å². The smallest absolute Gasteiger partial charge is 0.226 e. The molecule has 1 amide bonds. The fourth-order valence-corrected chi connectivity index (χ4v) is 2.10. The van der Waals surface area contributed by atoms with E-state index < -0.39 is 0 Å². The van der Waals surface area contributed by atoms with Crippen molar-refractivity contribution >= 4 is 11.7 Å². The Kier molecular flexibility index (Phi) is 4.45. The Morgan fingerprint density at radius 1 is 1.60 bits per heavy atom. The Hall–Kier alpha value is -2.24. The predicted molar refractivity (Wildman–Crippen MR) is 74.7 cm³/mol. The number of carbonyl (C=O) groups excluding carboxylic acids is 1. The molecule has 20 heavy (non-hydrogen) atoms. The highest BCUT2D eigenvalue weighted by Crippen LogP contribution is 2.26. The van der Waals surface area contributed by atoms with Gasteiger partial charge in [-0.3, -0.25) is 4.79 Å². The van der Waals surface area contributed by atoms with Crippen molar-refractivity contribution in [3.63, 3.8) is 0 Å². The van der Waals surface area contributed by atoms with Gasteiger partial charge in [-0.2, -0.15) is 0 Å². The number of fused-ring (bicyclic) bond motifs is 1. The molecule has 4 N–H and O–H groups in total. The molecule has 0 spiro atoms. The van der Waals surface area contributed by atoms with Gasteiger partial charge < -0.3 is 21.0 Å². The third-order valence-corrected chi connectivity index (χ3v) is 3.45. The summed E-state index contributed by atoms with van der Waals surface area (Å²) in [4.78, 5) is 12.1. The molecule has 1 aliphatic heterocycles. The number of oxime groups is 1. The summed E-state index contributed by atoms with van der Waals surface area (Å²) in [6.45, 7) is 2.50. The molecule has 0 bridgehead atoms. The number of rotatable bonds is 4. The van der Waals surface area contributed by atoms with Crippen molar-refractivity contribution in [2.24, 2.45) is 22.7 Å². The Morgan fingerprint density at radius 2 is 2.35 bits per heavy atom. The molecule has 0 saturated carbocycles. The highest BCUT2D eigenvalue weighted by atomic mass is 16.5. The number of carbonyl (C=O) groups is 1. The van der Waals surface area contributed by atoms with E-state index in [1.807, 2.05) is 24.3 Å². The number of hydrogen-bond donors (Lipinski definition) is 3. The Balaban J connectivity index is 1.89. The van der Waals surface area contributed by atoms with Gasteiger partial charge in [0, 0.05) is 12.5 Å². The molecule has 0 saturated heterocycles. The van der Waals surface area contributed by atoms with Gasteiger partial charge >= 0.3 is 0 Å². The molecule has 2 atom stereocenters. The van der Waals surface area contributed by atoms with E-state index >= 15 is 0 Å². The molecule has 6 heteroatoms. The molecule has 0 fully saturated rings. The van der Waals surface area contributed by atoms with E-state index in [-0.39, 0.29) is 23.6 Å². The number of amides is 1. The molecule has 2 unspecified atom stereocenters. The third kappa shape index (κ3) is 3.20. The summed E-state index contributed by atoms with van der Waals surface area (Å²) in [6.07, 6.45) is 0.667. The molecule has 108 valence electrons. The molecule has 1 aromatic rings. The van der Waals surface area contributed by atoms with Crippen LogP contribution in [0.15, 0.2) is 29.4 Å². The molecule has 1 aromatic carbocycles. The van der Waals surface area contributed by atoms with Crippen LogP contribution in [0.25, 0.3) is 0 Å². The van der Waals surface area contributed by atoms with E-state index in [2.05, 4.69) is 10.5 Å². The van der Waals surface area contributed by atoms with Gasteiger partial charge in [-0.1, -0.05) is 30.3 Å². The Labute approximate surface area is 117 Å². The molecule has 6 nitrogen and oxygen atoms in total. The fourth-order valence-electron chi connectivity index (χ4n) is 2.10. The number of ether oxygens (including phenoxy) is 1. The van der Waals surface area contributed by atoms with Gasteiger partial charge in [-0.05, 0) is 18.1 Å². The molecule has 0 aliphatic carbocycles. The average molecular weight is 277 g/mol. The second kappa shape index (κ2) is 6.27. The number of nitrogens with zero attached hydrogens (tertiary/aromatic N) is 1. The zero-order valence-electron chi connectivity index (χ0n) is 11.4. The first-order valence-corrected chi connectivity index (χ1v) is 6.57. The minimum Gasteiger partial charge on any atom is -0.492 e. The molecule has 1 aliphatic rings. The summed E-state index contributed by atoms with van der Waals surface area (Å²) in [5.74, 6) is 0.472. The first kappa shape index (κ1) is 14.2. The summed E-state index contributed by atoms with van der Waals surface area (Å²) in [7, 11) is 0. The van der Waals surface area contributed by atoms with Gasteiger partial charge in [0.1, 0.15) is 18.2 Å². The summed E-state index contributed by atoms with van der Waals surface area (Å²) < 4.78 is 5.58. The summed E-state index contributed by atoms with van der Waals surface area (Å²) in [5, 5.41) is 14.3. The molecule has 2 rings (SSSR count). The lowest BCUT2D eigenvalue weighted by molar-refractivity contribution is -0.126. The number of nitrogens with two attached hydrogens (primary N) is 1. The first-order chi connectivity index (χ1) is 9.61. The van der Waals surface area contributed by atoms with Crippen LogP contribution in [0.5, 0.6) is 5.75 Å². The normalized spacial score (nSPS) is 19.6. The molecule has 0 aromatic heterocycles. The topological polar surface area (TPSA) is 96.9 Å². The maximum Gasteiger partial charge on any atom is 0.226 e. The van der Waals surface area contributed by atoms with E-state index in [1.165, 1.54) is 0 Å². The standard InChI is InChI=1S/C14H19N3O3/c1-9(13(15)17-19)7-16-14(18)11-6-10-4-2-3-5-12(10)20-8-11/h2-5,9,11,19H,6-8H2,1H3,(H2,15,17)(H,16,18). The summed E-state index contributed by atoms with van der Waals surface area (Å²) >= 11 is 0. The number of para-hydroxylation sites is 1. The van der Waals surface area contributed by atoms with Crippen LogP contribution < -0.4 is 15.8 Å². The quantitative estimate of drug-likeness (QED) is 0.327. The monoisotopic (exact) mass is 277 g/mol. The Morgan fingerprint density at radius 3 is 3.10 bits per heavy atom. The van der Waals surface area contributed by atoms with Crippen molar-refractivity contribution in [1.82, 2.24) is 5.32 Å². The zero-order valence-corrected chi connectivity index (χ0v) is 11.4. The molecule has 0 radical (unpaired) electrons. The van der Waals surface area contributed by atoms with Crippen LogP contribution in [-0.2, 0) is 11.2 Å². The van der Waals surface area contributed by atoms with Gasteiger partial charge in [-0.15, -0.1) is 0 Å². The van der Waals surface area contributed by atoms with Crippen LogP contribution in [0.1, 0.15) is 12.5 Å². The average Bonchev–Trinajstić information content (AvgIpc) is 2.50. The largest absolute Gasteiger partial charge is 0.492 e.